The lowest BCUT2D eigenvalue weighted by Crippen LogP contribution is -2.30. The second-order valence-corrected chi connectivity index (χ2v) is 5.69. The minimum absolute atomic E-state index is 0.0925. The Hall–Kier alpha value is -1.55. The van der Waals surface area contributed by atoms with Crippen LogP contribution in [0.2, 0.25) is 5.02 Å². The van der Waals surface area contributed by atoms with Crippen LogP contribution in [0.15, 0.2) is 18.2 Å². The van der Waals surface area contributed by atoms with Crippen molar-refractivity contribution in [3.05, 3.63) is 34.3 Å². The zero-order chi connectivity index (χ0) is 14.9. The van der Waals surface area contributed by atoms with Gasteiger partial charge in [0.1, 0.15) is 0 Å². The van der Waals surface area contributed by atoms with Crippen molar-refractivity contribution in [2.24, 2.45) is 11.8 Å². The highest BCUT2D eigenvalue weighted by atomic mass is 35.5. The summed E-state index contributed by atoms with van der Waals surface area (Å²) in [5, 5.41) is 0.576. The summed E-state index contributed by atoms with van der Waals surface area (Å²) in [4.78, 5) is 25.8. The number of amides is 1. The lowest BCUT2D eigenvalue weighted by atomic mass is 9.99. The highest BCUT2D eigenvalue weighted by Crippen LogP contribution is 2.26. The molecule has 1 aromatic rings. The molecule has 0 aliphatic carbocycles. The van der Waals surface area contributed by atoms with E-state index in [4.69, 9.17) is 16.3 Å². The Labute approximate surface area is 123 Å². The average molecular weight is 296 g/mol. The van der Waals surface area contributed by atoms with E-state index in [1.807, 2.05) is 19.9 Å². The van der Waals surface area contributed by atoms with Crippen LogP contribution < -0.4 is 0 Å². The van der Waals surface area contributed by atoms with Gasteiger partial charge in [0.15, 0.2) is 0 Å². The van der Waals surface area contributed by atoms with Gasteiger partial charge in [0.2, 0.25) is 0 Å². The quantitative estimate of drug-likeness (QED) is 0.788. The summed E-state index contributed by atoms with van der Waals surface area (Å²) in [5.41, 5.74) is 1.49. The topological polar surface area (TPSA) is 46.6 Å². The molecule has 5 heteroatoms. The molecule has 1 saturated heterocycles. The van der Waals surface area contributed by atoms with Crippen molar-refractivity contribution in [1.29, 1.82) is 0 Å². The molecule has 0 aromatic heterocycles. The normalized spacial score (nSPS) is 21.9. The number of ether oxygens (including phenoxy) is 1. The second-order valence-electron chi connectivity index (χ2n) is 5.28. The van der Waals surface area contributed by atoms with Crippen LogP contribution in [0.3, 0.4) is 0 Å². The van der Waals surface area contributed by atoms with Gasteiger partial charge in [0.05, 0.1) is 13.0 Å². The van der Waals surface area contributed by atoms with Gasteiger partial charge in [-0.3, -0.25) is 9.59 Å². The van der Waals surface area contributed by atoms with Crippen molar-refractivity contribution < 1.29 is 14.3 Å². The molecule has 0 N–H and O–H groups in total. The van der Waals surface area contributed by atoms with Gasteiger partial charge in [-0.25, -0.2) is 0 Å². The number of hydrogen-bond donors (Lipinski definition) is 0. The van der Waals surface area contributed by atoms with Gasteiger partial charge in [-0.1, -0.05) is 24.6 Å². The molecule has 1 aliphatic heterocycles. The monoisotopic (exact) mass is 295 g/mol. The summed E-state index contributed by atoms with van der Waals surface area (Å²) in [6.45, 7) is 4.81. The van der Waals surface area contributed by atoms with E-state index in [1.165, 1.54) is 7.11 Å². The van der Waals surface area contributed by atoms with Crippen LogP contribution in [0.4, 0.5) is 0 Å². The molecule has 2 unspecified atom stereocenters. The van der Waals surface area contributed by atoms with Crippen molar-refractivity contribution in [3.63, 3.8) is 0 Å². The van der Waals surface area contributed by atoms with Gasteiger partial charge in [0, 0.05) is 23.7 Å². The van der Waals surface area contributed by atoms with Crippen LogP contribution in [-0.4, -0.2) is 37.0 Å². The van der Waals surface area contributed by atoms with E-state index in [-0.39, 0.29) is 23.7 Å². The van der Waals surface area contributed by atoms with E-state index in [0.29, 0.717) is 23.7 Å². The first kappa shape index (κ1) is 14.9. The fraction of sp³-hybridized carbons (Fsp3) is 0.467. The van der Waals surface area contributed by atoms with E-state index >= 15 is 0 Å². The maximum Gasteiger partial charge on any atom is 0.310 e. The van der Waals surface area contributed by atoms with E-state index < -0.39 is 0 Å². The largest absolute Gasteiger partial charge is 0.469 e. The zero-order valence-corrected chi connectivity index (χ0v) is 12.6. The summed E-state index contributed by atoms with van der Waals surface area (Å²) >= 11 is 6.05. The average Bonchev–Trinajstić information content (AvgIpc) is 2.82. The molecule has 0 bridgehead atoms. The number of methoxy groups -OCH3 is 1. The van der Waals surface area contributed by atoms with Crippen LogP contribution in [0.1, 0.15) is 22.8 Å². The first-order chi connectivity index (χ1) is 9.43. The maximum absolute atomic E-state index is 12.4. The highest BCUT2D eigenvalue weighted by molar-refractivity contribution is 6.31. The lowest BCUT2D eigenvalue weighted by molar-refractivity contribution is -0.146. The van der Waals surface area contributed by atoms with Crippen molar-refractivity contribution in [2.45, 2.75) is 13.8 Å². The Morgan fingerprint density at radius 1 is 1.35 bits per heavy atom. The molecular weight excluding hydrogens is 278 g/mol. The lowest BCUT2D eigenvalue weighted by Gasteiger charge is -2.16. The number of aryl methyl sites for hydroxylation is 1. The number of nitrogens with zero attached hydrogens (tertiary/aromatic N) is 1. The summed E-state index contributed by atoms with van der Waals surface area (Å²) in [5.74, 6) is -0.489. The molecular formula is C15H18ClNO3. The number of rotatable bonds is 2. The Bertz CT molecular complexity index is 544. The number of carbonyl (C=O) groups is 2. The van der Waals surface area contributed by atoms with Gasteiger partial charge in [-0.15, -0.1) is 0 Å². The molecule has 2 atom stereocenters. The third kappa shape index (κ3) is 2.80. The minimum Gasteiger partial charge on any atom is -0.469 e. The third-order valence-electron chi connectivity index (χ3n) is 3.82. The van der Waals surface area contributed by atoms with Crippen molar-refractivity contribution in [2.75, 3.05) is 20.2 Å². The van der Waals surface area contributed by atoms with Crippen molar-refractivity contribution in [1.82, 2.24) is 4.90 Å². The molecule has 4 nitrogen and oxygen atoms in total. The predicted octanol–water partition coefficient (Wildman–Crippen LogP) is 2.53. The maximum atomic E-state index is 12.4. The van der Waals surface area contributed by atoms with Gasteiger partial charge >= 0.3 is 5.97 Å². The van der Waals surface area contributed by atoms with Gasteiger partial charge in [-0.05, 0) is 30.5 Å². The number of carbonyl (C=O) groups excluding carboxylic acids is 2. The van der Waals surface area contributed by atoms with Gasteiger partial charge in [0.25, 0.3) is 5.91 Å². The zero-order valence-electron chi connectivity index (χ0n) is 11.9. The standard InChI is InChI=1S/C15H18ClNO3/c1-9-4-5-11(6-13(9)16)14(18)17-7-10(2)12(8-17)15(19)20-3/h4-6,10,12H,7-8H2,1-3H3. The molecule has 1 fully saturated rings. The number of esters is 1. The van der Waals surface area contributed by atoms with E-state index in [1.54, 1.807) is 17.0 Å². The number of hydrogen-bond acceptors (Lipinski definition) is 3. The predicted molar refractivity (Wildman–Crippen MR) is 76.8 cm³/mol. The minimum atomic E-state index is -0.255. The van der Waals surface area contributed by atoms with Crippen molar-refractivity contribution >= 4 is 23.5 Å². The fourth-order valence-electron chi connectivity index (χ4n) is 2.50. The molecule has 0 spiro atoms. The summed E-state index contributed by atoms with van der Waals surface area (Å²) in [7, 11) is 1.37. The van der Waals surface area contributed by atoms with E-state index in [2.05, 4.69) is 0 Å². The Kier molecular flexibility index (Phi) is 4.33. The van der Waals surface area contributed by atoms with Crippen molar-refractivity contribution in [3.8, 4) is 0 Å². The molecule has 1 aromatic carbocycles. The van der Waals surface area contributed by atoms with Crippen LogP contribution in [0, 0.1) is 18.8 Å². The fourth-order valence-corrected chi connectivity index (χ4v) is 2.68. The second kappa shape index (κ2) is 5.83. The molecule has 1 aliphatic rings. The smallest absolute Gasteiger partial charge is 0.310 e. The van der Waals surface area contributed by atoms with Gasteiger partial charge in [-0.2, -0.15) is 0 Å². The first-order valence-corrected chi connectivity index (χ1v) is 6.95. The molecule has 108 valence electrons. The first-order valence-electron chi connectivity index (χ1n) is 6.57. The highest BCUT2D eigenvalue weighted by Gasteiger charge is 2.37. The van der Waals surface area contributed by atoms with Gasteiger partial charge < -0.3 is 9.64 Å². The SMILES string of the molecule is COC(=O)C1CN(C(=O)c2ccc(C)c(Cl)c2)CC1C. The molecule has 1 heterocycles. The van der Waals surface area contributed by atoms with E-state index in [0.717, 1.165) is 5.56 Å². The summed E-state index contributed by atoms with van der Waals surface area (Å²) in [6.07, 6.45) is 0. The number of halogens is 1. The third-order valence-corrected chi connectivity index (χ3v) is 4.23. The molecule has 20 heavy (non-hydrogen) atoms. The number of likely N-dealkylation sites (tertiary alicyclic amines) is 1. The Balaban J connectivity index is 2.14. The molecule has 0 radical (unpaired) electrons. The summed E-state index contributed by atoms with van der Waals surface area (Å²) < 4.78 is 4.78. The molecule has 2 rings (SSSR count). The van der Waals surface area contributed by atoms with Crippen LogP contribution in [-0.2, 0) is 9.53 Å². The Morgan fingerprint density at radius 2 is 2.05 bits per heavy atom. The molecule has 1 amide bonds. The van der Waals surface area contributed by atoms with E-state index in [9.17, 15) is 9.59 Å². The van der Waals surface area contributed by atoms with Crippen LogP contribution >= 0.6 is 11.6 Å². The molecule has 0 saturated carbocycles. The van der Waals surface area contributed by atoms with Crippen LogP contribution in [0.25, 0.3) is 0 Å². The summed E-state index contributed by atoms with van der Waals surface area (Å²) in [6, 6.07) is 5.27. The van der Waals surface area contributed by atoms with Crippen LogP contribution in [0.5, 0.6) is 0 Å². The number of benzene rings is 1. The Morgan fingerprint density at radius 3 is 2.65 bits per heavy atom.